The maximum absolute atomic E-state index is 11.0. The van der Waals surface area contributed by atoms with E-state index in [0.29, 0.717) is 6.42 Å². The first-order valence-electron chi connectivity index (χ1n) is 8.53. The van der Waals surface area contributed by atoms with Gasteiger partial charge < -0.3 is 24.1 Å². The first-order chi connectivity index (χ1) is 10.2. The van der Waals surface area contributed by atoms with Gasteiger partial charge in [0.05, 0.1) is 24.4 Å². The van der Waals surface area contributed by atoms with E-state index in [9.17, 15) is 5.11 Å². The van der Waals surface area contributed by atoms with E-state index in [4.69, 9.17) is 18.9 Å². The van der Waals surface area contributed by atoms with Crippen LogP contribution in [0.25, 0.3) is 0 Å². The summed E-state index contributed by atoms with van der Waals surface area (Å²) >= 11 is 0. The molecule has 1 N–H and O–H groups in total. The van der Waals surface area contributed by atoms with Crippen LogP contribution in [-0.2, 0) is 18.9 Å². The van der Waals surface area contributed by atoms with E-state index in [1.807, 2.05) is 0 Å². The van der Waals surface area contributed by atoms with Gasteiger partial charge in [-0.1, -0.05) is 0 Å². The van der Waals surface area contributed by atoms with E-state index >= 15 is 0 Å². The first kappa shape index (κ1) is 14.4. The number of rotatable bonds is 0. The topological polar surface area (TPSA) is 57.2 Å². The second-order valence-corrected chi connectivity index (χ2v) is 6.91. The summed E-state index contributed by atoms with van der Waals surface area (Å²) in [6.07, 6.45) is 7.52. The van der Waals surface area contributed by atoms with Crippen molar-refractivity contribution in [1.29, 1.82) is 0 Å². The van der Waals surface area contributed by atoms with E-state index < -0.39 is 5.79 Å². The summed E-state index contributed by atoms with van der Waals surface area (Å²) in [5, 5.41) is 11.0. The van der Waals surface area contributed by atoms with Crippen LogP contribution in [0.15, 0.2) is 0 Å². The minimum absolute atomic E-state index is 0.000298. The van der Waals surface area contributed by atoms with Gasteiger partial charge in [-0.15, -0.1) is 0 Å². The molecule has 0 aliphatic carbocycles. The lowest BCUT2D eigenvalue weighted by Crippen LogP contribution is -2.64. The van der Waals surface area contributed by atoms with E-state index in [0.717, 1.165) is 58.2 Å². The summed E-state index contributed by atoms with van der Waals surface area (Å²) in [6, 6.07) is 0. The molecule has 5 heteroatoms. The zero-order chi connectivity index (χ0) is 14.3. The molecule has 0 aromatic heterocycles. The van der Waals surface area contributed by atoms with Crippen molar-refractivity contribution >= 4 is 0 Å². The van der Waals surface area contributed by atoms with Crippen molar-refractivity contribution in [2.45, 2.75) is 87.7 Å². The van der Waals surface area contributed by atoms with Gasteiger partial charge in [-0.25, -0.2) is 0 Å². The summed E-state index contributed by atoms with van der Waals surface area (Å²) in [5.41, 5.74) is 0. The van der Waals surface area contributed by atoms with Crippen molar-refractivity contribution in [3.8, 4) is 0 Å². The van der Waals surface area contributed by atoms with Crippen LogP contribution in [0.5, 0.6) is 0 Å². The Labute approximate surface area is 125 Å². The fourth-order valence-electron chi connectivity index (χ4n) is 4.23. The van der Waals surface area contributed by atoms with Crippen LogP contribution >= 0.6 is 0 Å². The molecule has 0 unspecified atom stereocenters. The fourth-order valence-corrected chi connectivity index (χ4v) is 4.23. The molecule has 0 aromatic carbocycles. The highest BCUT2D eigenvalue weighted by Crippen LogP contribution is 2.43. The molecule has 4 heterocycles. The number of aliphatic hydroxyl groups is 1. The SMILES string of the molecule is O[C@]12C[C@H]3OCCCC[C@@H]3O[C@@H]1C[C@@H]1OCCCC[C@H]1O2. The lowest BCUT2D eigenvalue weighted by atomic mass is 9.85. The third-order valence-corrected chi connectivity index (χ3v) is 5.40. The molecular weight excluding hydrogens is 272 g/mol. The second kappa shape index (κ2) is 5.78. The Hall–Kier alpha value is -0.200. The average molecular weight is 298 g/mol. The molecule has 0 bridgehead atoms. The third kappa shape index (κ3) is 2.75. The van der Waals surface area contributed by atoms with Gasteiger partial charge in [-0.05, 0) is 38.5 Å². The smallest absolute Gasteiger partial charge is 0.195 e. The quantitative estimate of drug-likeness (QED) is 0.738. The summed E-state index contributed by atoms with van der Waals surface area (Å²) in [4.78, 5) is 0. The van der Waals surface area contributed by atoms with Crippen LogP contribution in [0.2, 0.25) is 0 Å². The summed E-state index contributed by atoms with van der Waals surface area (Å²) in [6.45, 7) is 1.56. The van der Waals surface area contributed by atoms with Gasteiger partial charge in [-0.2, -0.15) is 0 Å². The third-order valence-electron chi connectivity index (χ3n) is 5.40. The van der Waals surface area contributed by atoms with Gasteiger partial charge in [0.1, 0.15) is 6.10 Å². The standard InChI is InChI=1S/C16H26O5/c17-16-10-14-11(5-1-3-8-19-14)20-15(16)9-13-12(21-16)6-2-4-7-18-13/h11-15,17H,1-10H2/t11-,12+,13-,14+,15+,16-/m0/s1. The molecule has 0 radical (unpaired) electrons. The Bertz CT molecular complexity index is 344. The highest BCUT2D eigenvalue weighted by molar-refractivity contribution is 4.98. The van der Waals surface area contributed by atoms with Crippen LogP contribution in [0, 0.1) is 0 Å². The van der Waals surface area contributed by atoms with Gasteiger partial charge in [0.25, 0.3) is 0 Å². The van der Waals surface area contributed by atoms with Gasteiger partial charge >= 0.3 is 0 Å². The number of fused-ring (bicyclic) bond motifs is 3. The summed E-state index contributed by atoms with van der Waals surface area (Å²) in [5.74, 6) is -1.19. The Morgan fingerprint density at radius 2 is 1.52 bits per heavy atom. The highest BCUT2D eigenvalue weighted by Gasteiger charge is 2.55. The lowest BCUT2D eigenvalue weighted by Gasteiger charge is -2.51. The van der Waals surface area contributed by atoms with Crippen molar-refractivity contribution in [3.63, 3.8) is 0 Å². The van der Waals surface area contributed by atoms with Crippen molar-refractivity contribution in [3.05, 3.63) is 0 Å². The number of ether oxygens (including phenoxy) is 4. The molecule has 21 heavy (non-hydrogen) atoms. The van der Waals surface area contributed by atoms with Gasteiger partial charge in [0.15, 0.2) is 5.79 Å². The molecular formula is C16H26O5. The van der Waals surface area contributed by atoms with E-state index in [-0.39, 0.29) is 30.5 Å². The van der Waals surface area contributed by atoms with Crippen molar-refractivity contribution in [2.24, 2.45) is 0 Å². The Kier molecular flexibility index (Phi) is 3.96. The van der Waals surface area contributed by atoms with Crippen molar-refractivity contribution in [1.82, 2.24) is 0 Å². The minimum Gasteiger partial charge on any atom is -0.375 e. The molecule has 0 amide bonds. The van der Waals surface area contributed by atoms with Crippen LogP contribution in [-0.4, -0.2) is 54.6 Å². The molecule has 4 fully saturated rings. The Balaban J connectivity index is 1.52. The maximum Gasteiger partial charge on any atom is 0.195 e. The fraction of sp³-hybridized carbons (Fsp3) is 1.00. The summed E-state index contributed by atoms with van der Waals surface area (Å²) in [7, 11) is 0. The largest absolute Gasteiger partial charge is 0.375 e. The predicted octanol–water partition coefficient (Wildman–Crippen LogP) is 1.76. The van der Waals surface area contributed by atoms with Crippen LogP contribution in [0.3, 0.4) is 0 Å². The summed E-state index contributed by atoms with van der Waals surface area (Å²) < 4.78 is 24.1. The van der Waals surface area contributed by atoms with Crippen LogP contribution < -0.4 is 0 Å². The lowest BCUT2D eigenvalue weighted by molar-refractivity contribution is -0.370. The zero-order valence-corrected chi connectivity index (χ0v) is 12.5. The normalized spacial score (nSPS) is 51.0. The Morgan fingerprint density at radius 3 is 2.33 bits per heavy atom. The van der Waals surface area contributed by atoms with Gasteiger partial charge in [0.2, 0.25) is 0 Å². The average Bonchev–Trinajstić information content (AvgIpc) is 2.81. The number of hydrogen-bond acceptors (Lipinski definition) is 5. The molecule has 4 aliphatic rings. The van der Waals surface area contributed by atoms with E-state index in [2.05, 4.69) is 0 Å². The predicted molar refractivity (Wildman–Crippen MR) is 74.9 cm³/mol. The van der Waals surface area contributed by atoms with Crippen molar-refractivity contribution in [2.75, 3.05) is 13.2 Å². The highest BCUT2D eigenvalue weighted by atomic mass is 16.7. The molecule has 5 nitrogen and oxygen atoms in total. The van der Waals surface area contributed by atoms with Gasteiger partial charge in [0, 0.05) is 26.1 Å². The molecule has 6 atom stereocenters. The van der Waals surface area contributed by atoms with E-state index in [1.54, 1.807) is 0 Å². The molecule has 0 saturated carbocycles. The maximum atomic E-state index is 11.0. The zero-order valence-electron chi connectivity index (χ0n) is 12.5. The van der Waals surface area contributed by atoms with Crippen LogP contribution in [0.4, 0.5) is 0 Å². The van der Waals surface area contributed by atoms with Gasteiger partial charge in [-0.3, -0.25) is 0 Å². The molecule has 0 aromatic rings. The van der Waals surface area contributed by atoms with Crippen LogP contribution in [0.1, 0.15) is 51.4 Å². The molecule has 0 spiro atoms. The second-order valence-electron chi connectivity index (χ2n) is 6.91. The monoisotopic (exact) mass is 298 g/mol. The van der Waals surface area contributed by atoms with Crippen molar-refractivity contribution < 1.29 is 24.1 Å². The minimum atomic E-state index is -1.19. The first-order valence-corrected chi connectivity index (χ1v) is 8.53. The molecule has 120 valence electrons. The molecule has 4 rings (SSSR count). The molecule has 4 saturated heterocycles. The molecule has 4 aliphatic heterocycles. The van der Waals surface area contributed by atoms with E-state index in [1.165, 1.54) is 0 Å². The number of hydrogen-bond donors (Lipinski definition) is 1. The Morgan fingerprint density at radius 1 is 0.810 bits per heavy atom.